The summed E-state index contributed by atoms with van der Waals surface area (Å²) in [7, 11) is 3.97. The minimum absolute atomic E-state index is 0.0162. The number of fused-ring (bicyclic) bond motifs is 1. The Morgan fingerprint density at radius 2 is 1.69 bits per heavy atom. The SMILES string of the molecule is CN(C)CCN(Cc1ccc(C#N)cc1)C(=O)COc1cccc2ccccc12. The topological polar surface area (TPSA) is 56.6 Å². The molecule has 0 aliphatic heterocycles. The van der Waals surface area contributed by atoms with Crippen molar-refractivity contribution in [3.8, 4) is 11.8 Å². The molecule has 0 radical (unpaired) electrons. The van der Waals surface area contributed by atoms with Crippen molar-refractivity contribution in [1.82, 2.24) is 9.80 Å². The van der Waals surface area contributed by atoms with Crippen LogP contribution in [0.2, 0.25) is 0 Å². The van der Waals surface area contributed by atoms with E-state index >= 15 is 0 Å². The lowest BCUT2D eigenvalue weighted by atomic mass is 10.1. The van der Waals surface area contributed by atoms with Gasteiger partial charge in [-0.3, -0.25) is 4.79 Å². The van der Waals surface area contributed by atoms with Crippen molar-refractivity contribution in [2.24, 2.45) is 0 Å². The molecule has 0 saturated heterocycles. The average molecular weight is 387 g/mol. The molecule has 29 heavy (non-hydrogen) atoms. The van der Waals surface area contributed by atoms with Gasteiger partial charge in [0.1, 0.15) is 5.75 Å². The van der Waals surface area contributed by atoms with Crippen LogP contribution < -0.4 is 4.74 Å². The summed E-state index contributed by atoms with van der Waals surface area (Å²) < 4.78 is 5.90. The highest BCUT2D eigenvalue weighted by atomic mass is 16.5. The van der Waals surface area contributed by atoms with Crippen LogP contribution in [0.15, 0.2) is 66.7 Å². The fourth-order valence-electron chi connectivity index (χ4n) is 3.07. The normalized spacial score (nSPS) is 10.7. The fourth-order valence-corrected chi connectivity index (χ4v) is 3.07. The second-order valence-corrected chi connectivity index (χ2v) is 7.19. The monoisotopic (exact) mass is 387 g/mol. The van der Waals surface area contributed by atoms with E-state index in [2.05, 4.69) is 6.07 Å². The van der Waals surface area contributed by atoms with Crippen LogP contribution in [0, 0.1) is 11.3 Å². The van der Waals surface area contributed by atoms with Crippen molar-refractivity contribution in [3.63, 3.8) is 0 Å². The Morgan fingerprint density at radius 1 is 0.966 bits per heavy atom. The molecule has 0 saturated carbocycles. The van der Waals surface area contributed by atoms with E-state index in [1.165, 1.54) is 0 Å². The van der Waals surface area contributed by atoms with Gasteiger partial charge in [-0.2, -0.15) is 5.26 Å². The Balaban J connectivity index is 1.70. The van der Waals surface area contributed by atoms with E-state index in [0.29, 0.717) is 24.4 Å². The number of rotatable bonds is 8. The molecule has 0 aromatic heterocycles. The summed E-state index contributed by atoms with van der Waals surface area (Å²) >= 11 is 0. The lowest BCUT2D eigenvalue weighted by Crippen LogP contribution is -2.39. The summed E-state index contributed by atoms with van der Waals surface area (Å²) in [4.78, 5) is 16.8. The smallest absolute Gasteiger partial charge is 0.260 e. The van der Waals surface area contributed by atoms with E-state index in [0.717, 1.165) is 22.9 Å². The van der Waals surface area contributed by atoms with Crippen LogP contribution in [0.4, 0.5) is 0 Å². The number of carbonyl (C=O) groups is 1. The standard InChI is InChI=1S/C24H25N3O2/c1-26(2)14-15-27(17-20-12-10-19(16-25)11-13-20)24(28)18-29-23-9-5-7-21-6-3-4-8-22(21)23/h3-13H,14-15,17-18H2,1-2H3. The Hall–Kier alpha value is -3.36. The van der Waals surface area contributed by atoms with Gasteiger partial charge >= 0.3 is 0 Å². The first-order chi connectivity index (χ1) is 14.1. The van der Waals surface area contributed by atoms with Gasteiger partial charge in [-0.05, 0) is 43.2 Å². The zero-order valence-electron chi connectivity index (χ0n) is 16.8. The third kappa shape index (κ3) is 5.56. The predicted octanol–water partition coefficient (Wildman–Crippen LogP) is 3.68. The molecule has 0 aliphatic rings. The Bertz CT molecular complexity index is 1000. The molecule has 3 aromatic rings. The van der Waals surface area contributed by atoms with E-state index in [1.54, 1.807) is 17.0 Å². The molecule has 5 heteroatoms. The van der Waals surface area contributed by atoms with Crippen molar-refractivity contribution in [2.45, 2.75) is 6.54 Å². The number of likely N-dealkylation sites (N-methyl/N-ethyl adjacent to an activating group) is 1. The van der Waals surface area contributed by atoms with Crippen molar-refractivity contribution in [1.29, 1.82) is 5.26 Å². The van der Waals surface area contributed by atoms with Crippen LogP contribution in [-0.4, -0.2) is 49.5 Å². The van der Waals surface area contributed by atoms with Gasteiger partial charge in [-0.25, -0.2) is 0 Å². The van der Waals surface area contributed by atoms with Crippen LogP contribution in [0.3, 0.4) is 0 Å². The van der Waals surface area contributed by atoms with E-state index in [4.69, 9.17) is 10.00 Å². The summed E-state index contributed by atoms with van der Waals surface area (Å²) in [5.74, 6) is 0.645. The second kappa shape index (κ2) is 9.72. The molecule has 148 valence electrons. The minimum Gasteiger partial charge on any atom is -0.483 e. The number of hydrogen-bond donors (Lipinski definition) is 0. The van der Waals surface area contributed by atoms with Crippen molar-refractivity contribution in [2.75, 3.05) is 33.8 Å². The molecule has 3 rings (SSSR count). The molecule has 5 nitrogen and oxygen atoms in total. The van der Waals surface area contributed by atoms with E-state index < -0.39 is 0 Å². The summed E-state index contributed by atoms with van der Waals surface area (Å²) in [5, 5.41) is 11.0. The van der Waals surface area contributed by atoms with E-state index in [-0.39, 0.29) is 12.5 Å². The average Bonchev–Trinajstić information content (AvgIpc) is 2.75. The molecular weight excluding hydrogens is 362 g/mol. The number of hydrogen-bond acceptors (Lipinski definition) is 4. The lowest BCUT2D eigenvalue weighted by Gasteiger charge is -2.25. The van der Waals surface area contributed by atoms with Crippen molar-refractivity contribution < 1.29 is 9.53 Å². The zero-order valence-corrected chi connectivity index (χ0v) is 16.8. The maximum Gasteiger partial charge on any atom is 0.260 e. The second-order valence-electron chi connectivity index (χ2n) is 7.19. The molecule has 0 heterocycles. The quantitative estimate of drug-likeness (QED) is 0.592. The summed E-state index contributed by atoms with van der Waals surface area (Å²) in [6.45, 7) is 1.83. The van der Waals surface area contributed by atoms with Gasteiger partial charge in [0.2, 0.25) is 0 Å². The van der Waals surface area contributed by atoms with Crippen molar-refractivity contribution >= 4 is 16.7 Å². The third-order valence-corrected chi connectivity index (χ3v) is 4.73. The number of ether oxygens (including phenoxy) is 1. The largest absolute Gasteiger partial charge is 0.483 e. The van der Waals surface area contributed by atoms with Crippen LogP contribution >= 0.6 is 0 Å². The molecule has 0 atom stereocenters. The maximum absolute atomic E-state index is 12.9. The number of benzene rings is 3. The maximum atomic E-state index is 12.9. The summed E-state index contributed by atoms with van der Waals surface area (Å²) in [5.41, 5.74) is 1.60. The first kappa shape index (κ1) is 20.4. The van der Waals surface area contributed by atoms with E-state index in [9.17, 15) is 4.79 Å². The van der Waals surface area contributed by atoms with Gasteiger partial charge in [-0.15, -0.1) is 0 Å². The van der Waals surface area contributed by atoms with Crippen LogP contribution in [-0.2, 0) is 11.3 Å². The van der Waals surface area contributed by atoms with Crippen LogP contribution in [0.25, 0.3) is 10.8 Å². The lowest BCUT2D eigenvalue weighted by molar-refractivity contribution is -0.134. The molecular formula is C24H25N3O2. The van der Waals surface area contributed by atoms with Crippen LogP contribution in [0.1, 0.15) is 11.1 Å². The van der Waals surface area contributed by atoms with E-state index in [1.807, 2.05) is 73.6 Å². The van der Waals surface area contributed by atoms with Crippen LogP contribution in [0.5, 0.6) is 5.75 Å². The van der Waals surface area contributed by atoms with Gasteiger partial charge in [0.25, 0.3) is 5.91 Å². The predicted molar refractivity (Wildman–Crippen MR) is 115 cm³/mol. The molecule has 0 aliphatic carbocycles. The number of amides is 1. The highest BCUT2D eigenvalue weighted by Gasteiger charge is 2.16. The summed E-state index contributed by atoms with van der Waals surface area (Å²) in [6.07, 6.45) is 0. The molecule has 0 fully saturated rings. The number of nitriles is 1. The highest BCUT2D eigenvalue weighted by molar-refractivity contribution is 5.88. The molecule has 1 amide bonds. The Kier molecular flexibility index (Phi) is 6.83. The fraction of sp³-hybridized carbons (Fsp3) is 0.250. The number of carbonyl (C=O) groups excluding carboxylic acids is 1. The van der Waals surface area contributed by atoms with Crippen molar-refractivity contribution in [3.05, 3.63) is 77.9 Å². The molecule has 0 bridgehead atoms. The minimum atomic E-state index is -0.0656. The molecule has 0 N–H and O–H groups in total. The van der Waals surface area contributed by atoms with Gasteiger partial charge < -0.3 is 14.5 Å². The zero-order chi connectivity index (χ0) is 20.6. The Morgan fingerprint density at radius 3 is 2.41 bits per heavy atom. The van der Waals surface area contributed by atoms with Gasteiger partial charge in [0.15, 0.2) is 6.61 Å². The molecule has 0 spiro atoms. The van der Waals surface area contributed by atoms with Gasteiger partial charge in [0.05, 0.1) is 11.6 Å². The molecule has 3 aromatic carbocycles. The highest BCUT2D eigenvalue weighted by Crippen LogP contribution is 2.25. The number of nitrogens with zero attached hydrogens (tertiary/aromatic N) is 3. The first-order valence-corrected chi connectivity index (χ1v) is 9.59. The van der Waals surface area contributed by atoms with Gasteiger partial charge in [0, 0.05) is 25.0 Å². The molecule has 0 unspecified atom stereocenters. The third-order valence-electron chi connectivity index (χ3n) is 4.73. The first-order valence-electron chi connectivity index (χ1n) is 9.59. The Labute approximate surface area is 171 Å². The van der Waals surface area contributed by atoms with Gasteiger partial charge in [-0.1, -0.05) is 48.5 Å². The summed E-state index contributed by atoms with van der Waals surface area (Å²) in [6, 6.07) is 23.3.